The van der Waals surface area contributed by atoms with Crippen LogP contribution >= 0.6 is 0 Å². The van der Waals surface area contributed by atoms with Crippen LogP contribution in [0.3, 0.4) is 0 Å². The lowest BCUT2D eigenvalue weighted by molar-refractivity contribution is 0.283. The summed E-state index contributed by atoms with van der Waals surface area (Å²) in [4.78, 5) is 8.11. The number of nitrogens with zero attached hydrogens (tertiary/aromatic N) is 2. The summed E-state index contributed by atoms with van der Waals surface area (Å²) >= 11 is 0. The van der Waals surface area contributed by atoms with Gasteiger partial charge in [-0.2, -0.15) is 0 Å². The molecular weight excluding hydrogens is 324 g/mol. The fraction of sp³-hybridized carbons (Fsp3) is 1.00. The van der Waals surface area contributed by atoms with Crippen molar-refractivity contribution in [3.63, 3.8) is 0 Å². The van der Waals surface area contributed by atoms with Gasteiger partial charge in [0.05, 0.1) is 0 Å². The van der Waals surface area contributed by atoms with Crippen LogP contribution in [0.25, 0.3) is 0 Å². The van der Waals surface area contributed by atoms with Gasteiger partial charge in [0.25, 0.3) is 0 Å². The third-order valence-corrected chi connectivity index (χ3v) is 10.4. The van der Waals surface area contributed by atoms with Gasteiger partial charge >= 0.3 is 8.72 Å². The molecule has 0 unspecified atom stereocenters. The first kappa shape index (κ1) is 21.4. The quantitative estimate of drug-likeness (QED) is 0.695. The molecule has 0 radical (unpaired) electrons. The molecule has 148 valence electrons. The first-order valence-electron chi connectivity index (χ1n) is 11.3. The van der Waals surface area contributed by atoms with Crippen molar-refractivity contribution in [2.24, 2.45) is 0 Å². The van der Waals surface area contributed by atoms with Gasteiger partial charge in [-0.1, -0.05) is 65.2 Å². The molecule has 2 heterocycles. The molecule has 0 aromatic rings. The van der Waals surface area contributed by atoms with Crippen molar-refractivity contribution in [2.75, 3.05) is 39.3 Å². The molecule has 2 aliphatic heterocycles. The van der Waals surface area contributed by atoms with E-state index in [1.165, 1.54) is 103 Å². The third kappa shape index (κ3) is 6.62. The Labute approximate surface area is 158 Å². The summed E-state index contributed by atoms with van der Waals surface area (Å²) in [6.07, 6.45) is 16.9. The summed E-state index contributed by atoms with van der Waals surface area (Å²) in [5, 5.41) is 0. The van der Waals surface area contributed by atoms with Crippen molar-refractivity contribution in [1.82, 2.24) is 19.1 Å². The average molecular weight is 369 g/mol. The second kappa shape index (κ2) is 12.4. The Bertz CT molecular complexity index is 288. The summed E-state index contributed by atoms with van der Waals surface area (Å²) < 4.78 is 5.78. The monoisotopic (exact) mass is 368 g/mol. The maximum atomic E-state index is 4.05. The largest absolute Gasteiger partial charge is 0.371 e. The van der Waals surface area contributed by atoms with E-state index < -0.39 is 8.72 Å². The average Bonchev–Trinajstić information content (AvgIpc) is 2.84. The third-order valence-electron chi connectivity index (χ3n) is 5.97. The molecule has 0 aromatic carbocycles. The van der Waals surface area contributed by atoms with E-state index in [2.05, 4.69) is 32.9 Å². The summed E-state index contributed by atoms with van der Waals surface area (Å²) in [5.74, 6) is 0. The molecule has 0 bridgehead atoms. The maximum Gasteiger partial charge on any atom is 0.371 e. The highest BCUT2D eigenvalue weighted by Crippen LogP contribution is 2.20. The zero-order valence-electron chi connectivity index (χ0n) is 17.1. The van der Waals surface area contributed by atoms with Crippen LogP contribution < -0.4 is 9.96 Å². The molecule has 0 atom stereocenters. The lowest BCUT2D eigenvalue weighted by atomic mass is 10.1. The van der Waals surface area contributed by atoms with E-state index in [0.717, 1.165) is 13.1 Å². The Morgan fingerprint density at radius 1 is 0.520 bits per heavy atom. The van der Waals surface area contributed by atoms with Gasteiger partial charge in [-0.3, -0.25) is 9.13 Å². The Kier molecular flexibility index (Phi) is 10.6. The van der Waals surface area contributed by atoms with E-state index in [-0.39, 0.29) is 0 Å². The second-order valence-electron chi connectivity index (χ2n) is 7.95. The van der Waals surface area contributed by atoms with Gasteiger partial charge in [0.15, 0.2) is 0 Å². The van der Waals surface area contributed by atoms with Crippen molar-refractivity contribution in [3.8, 4) is 0 Å². The minimum absolute atomic E-state index is 1.08. The zero-order chi connectivity index (χ0) is 17.8. The van der Waals surface area contributed by atoms with Crippen LogP contribution in [0.2, 0.25) is 0 Å². The van der Waals surface area contributed by atoms with Crippen molar-refractivity contribution in [2.45, 2.75) is 90.9 Å². The van der Waals surface area contributed by atoms with Crippen molar-refractivity contribution < 1.29 is 0 Å². The molecule has 2 saturated heterocycles. The number of rotatable bonds is 6. The van der Waals surface area contributed by atoms with Gasteiger partial charge in [0.1, 0.15) is 0 Å². The second-order valence-corrected chi connectivity index (χ2v) is 11.3. The Balaban J connectivity index is 2.21. The predicted molar refractivity (Wildman–Crippen MR) is 112 cm³/mol. The summed E-state index contributed by atoms with van der Waals surface area (Å²) in [5.41, 5.74) is 0. The van der Waals surface area contributed by atoms with E-state index in [1.54, 1.807) is 0 Å². The first-order chi connectivity index (χ1) is 12.3. The van der Waals surface area contributed by atoms with Gasteiger partial charge in [-0.05, 0) is 65.0 Å². The van der Waals surface area contributed by atoms with Crippen molar-refractivity contribution in [3.05, 3.63) is 0 Å². The maximum absolute atomic E-state index is 4.05. The van der Waals surface area contributed by atoms with Crippen LogP contribution in [0.15, 0.2) is 0 Å². The molecule has 2 aliphatic rings. The molecular formula is C20H44N4Si. The topological polar surface area (TPSA) is 30.5 Å². The first-order valence-corrected chi connectivity index (χ1v) is 13.2. The fourth-order valence-electron chi connectivity index (χ4n) is 4.70. The summed E-state index contributed by atoms with van der Waals surface area (Å²) in [6, 6.07) is 0. The highest BCUT2D eigenvalue weighted by molar-refractivity contribution is 6.69. The highest BCUT2D eigenvalue weighted by Gasteiger charge is 2.45. The molecule has 25 heavy (non-hydrogen) atoms. The molecule has 2 rings (SSSR count). The molecule has 2 N–H and O–H groups in total. The van der Waals surface area contributed by atoms with Crippen molar-refractivity contribution in [1.29, 1.82) is 0 Å². The highest BCUT2D eigenvalue weighted by atomic mass is 28.4. The smallest absolute Gasteiger partial charge is 0.301 e. The minimum Gasteiger partial charge on any atom is -0.301 e. The van der Waals surface area contributed by atoms with Gasteiger partial charge in [-0.25, -0.2) is 0 Å². The molecule has 0 aromatic heterocycles. The van der Waals surface area contributed by atoms with Gasteiger partial charge < -0.3 is 9.96 Å². The van der Waals surface area contributed by atoms with E-state index in [4.69, 9.17) is 0 Å². The van der Waals surface area contributed by atoms with Gasteiger partial charge in [-0.15, -0.1) is 0 Å². The van der Waals surface area contributed by atoms with E-state index in [1.807, 2.05) is 0 Å². The molecule has 0 amide bonds. The van der Waals surface area contributed by atoms with Crippen molar-refractivity contribution >= 4 is 8.72 Å². The molecule has 0 spiro atoms. The lowest BCUT2D eigenvalue weighted by Crippen LogP contribution is -2.82. The van der Waals surface area contributed by atoms with Crippen LogP contribution in [-0.4, -0.2) is 57.1 Å². The van der Waals surface area contributed by atoms with E-state index >= 15 is 0 Å². The number of hydrogen-bond donors (Lipinski definition) is 2. The van der Waals surface area contributed by atoms with Crippen LogP contribution in [0.1, 0.15) is 90.9 Å². The predicted octanol–water partition coefficient (Wildman–Crippen LogP) is 3.95. The van der Waals surface area contributed by atoms with Crippen LogP contribution in [0, 0.1) is 0 Å². The zero-order valence-corrected chi connectivity index (χ0v) is 18.1. The lowest BCUT2D eigenvalue weighted by Gasteiger charge is -2.49. The van der Waals surface area contributed by atoms with Gasteiger partial charge in [0, 0.05) is 0 Å². The molecule has 5 heteroatoms. The molecule has 0 saturated carbocycles. The van der Waals surface area contributed by atoms with Crippen LogP contribution in [-0.2, 0) is 0 Å². The van der Waals surface area contributed by atoms with E-state index in [0.29, 0.717) is 0 Å². The fourth-order valence-corrected chi connectivity index (χ4v) is 9.03. The molecule has 0 aliphatic carbocycles. The Morgan fingerprint density at radius 3 is 1.08 bits per heavy atom. The summed E-state index contributed by atoms with van der Waals surface area (Å²) in [6.45, 7) is 11.9. The number of nitrogens with one attached hydrogen (secondary N) is 2. The van der Waals surface area contributed by atoms with Gasteiger partial charge in [0.2, 0.25) is 0 Å². The molecule has 2 fully saturated rings. The molecule has 4 nitrogen and oxygen atoms in total. The Morgan fingerprint density at radius 2 is 0.800 bits per heavy atom. The minimum atomic E-state index is -1.98. The normalized spacial score (nSPS) is 23.8. The van der Waals surface area contributed by atoms with Crippen LogP contribution in [0.4, 0.5) is 0 Å². The Hall–Kier alpha value is 0.0569. The SMILES string of the molecule is CCN[Si](NCC)(N1CCCCCCCC1)N1CCCCCCCC1. The van der Waals surface area contributed by atoms with Crippen LogP contribution in [0.5, 0.6) is 0 Å². The summed E-state index contributed by atoms with van der Waals surface area (Å²) in [7, 11) is -1.98. The van der Waals surface area contributed by atoms with E-state index in [9.17, 15) is 0 Å². The number of hydrogen-bond acceptors (Lipinski definition) is 4. The standard InChI is InChI=1S/C20H44N4Si/c1-3-21-25(22-4-2,23-17-13-9-5-6-10-14-18-23)24-19-15-11-7-8-12-16-20-24/h21-22H,3-20H2,1-2H3.